The van der Waals surface area contributed by atoms with E-state index in [0.717, 1.165) is 12.0 Å². The zero-order chi connectivity index (χ0) is 17.1. The predicted octanol–water partition coefficient (Wildman–Crippen LogP) is 2.53. The number of allylic oxidation sites excluding steroid dienone is 1. The minimum atomic E-state index is -0.454. The molecule has 1 N–H and O–H groups in total. The summed E-state index contributed by atoms with van der Waals surface area (Å²) in [6.45, 7) is 4.17. The van der Waals surface area contributed by atoms with Crippen LogP contribution in [0.3, 0.4) is 0 Å². The van der Waals surface area contributed by atoms with E-state index in [0.29, 0.717) is 29.6 Å². The first-order chi connectivity index (χ1) is 11.7. The zero-order valence-corrected chi connectivity index (χ0v) is 13.9. The number of hydrogen-bond donors (Lipinski definition) is 1. The Bertz CT molecular complexity index is 782. The molecule has 1 aromatic carbocycles. The molecule has 1 unspecified atom stereocenters. The summed E-state index contributed by atoms with van der Waals surface area (Å²) in [4.78, 5) is 16.9. The van der Waals surface area contributed by atoms with Gasteiger partial charge >= 0.3 is 5.97 Å². The Kier molecular flexibility index (Phi) is 4.50. The highest BCUT2D eigenvalue weighted by Gasteiger charge is 2.35. The topological polar surface area (TPSA) is 78.3 Å². The van der Waals surface area contributed by atoms with Crippen LogP contribution in [0, 0.1) is 0 Å². The molecular formula is C17H20N4O3. The molecule has 0 spiro atoms. The summed E-state index contributed by atoms with van der Waals surface area (Å²) in [6, 6.07) is 7.11. The van der Waals surface area contributed by atoms with Gasteiger partial charge in [-0.15, -0.1) is 0 Å². The van der Waals surface area contributed by atoms with Crippen molar-refractivity contribution in [2.24, 2.45) is 0 Å². The molecule has 0 bridgehead atoms. The van der Waals surface area contributed by atoms with Gasteiger partial charge < -0.3 is 14.8 Å². The molecule has 1 atom stereocenters. The number of para-hydroxylation sites is 1. The molecule has 0 saturated carbocycles. The van der Waals surface area contributed by atoms with E-state index in [2.05, 4.69) is 15.4 Å². The second-order valence-electron chi connectivity index (χ2n) is 5.47. The third-order valence-electron chi connectivity index (χ3n) is 3.89. The van der Waals surface area contributed by atoms with Gasteiger partial charge in [-0.3, -0.25) is 0 Å². The van der Waals surface area contributed by atoms with Crippen LogP contribution in [0.25, 0.3) is 0 Å². The molecule has 0 amide bonds. The molecule has 1 aliphatic heterocycles. The lowest BCUT2D eigenvalue weighted by molar-refractivity contribution is -0.139. The van der Waals surface area contributed by atoms with E-state index in [1.165, 1.54) is 6.33 Å². The molecular weight excluding hydrogens is 308 g/mol. The molecule has 2 aromatic rings. The third kappa shape index (κ3) is 2.73. The summed E-state index contributed by atoms with van der Waals surface area (Å²) in [7, 11) is 1.60. The van der Waals surface area contributed by atoms with Gasteiger partial charge in [0.05, 0.1) is 19.3 Å². The van der Waals surface area contributed by atoms with Gasteiger partial charge in [0.2, 0.25) is 5.95 Å². The average molecular weight is 328 g/mol. The van der Waals surface area contributed by atoms with Gasteiger partial charge in [-0.1, -0.05) is 25.1 Å². The van der Waals surface area contributed by atoms with Gasteiger partial charge in [-0.2, -0.15) is 10.1 Å². The van der Waals surface area contributed by atoms with Gasteiger partial charge in [0, 0.05) is 11.3 Å². The van der Waals surface area contributed by atoms with E-state index >= 15 is 0 Å². The zero-order valence-electron chi connectivity index (χ0n) is 13.9. The Balaban J connectivity index is 2.13. The maximum absolute atomic E-state index is 12.7. The molecule has 7 heteroatoms. The van der Waals surface area contributed by atoms with Crippen molar-refractivity contribution in [1.82, 2.24) is 14.8 Å². The van der Waals surface area contributed by atoms with Gasteiger partial charge in [0.15, 0.2) is 0 Å². The monoisotopic (exact) mass is 328 g/mol. The fourth-order valence-corrected chi connectivity index (χ4v) is 2.81. The number of rotatable bonds is 5. The maximum Gasteiger partial charge on any atom is 0.338 e. The highest BCUT2D eigenvalue weighted by atomic mass is 16.5. The first kappa shape index (κ1) is 16.0. The Labute approximate surface area is 140 Å². The number of carbonyl (C=O) groups excluding carboxylic acids is 1. The molecule has 126 valence electrons. The van der Waals surface area contributed by atoms with Crippen molar-refractivity contribution in [2.45, 2.75) is 26.3 Å². The maximum atomic E-state index is 12.7. The Morgan fingerprint density at radius 2 is 2.17 bits per heavy atom. The molecule has 7 nitrogen and oxygen atoms in total. The molecule has 24 heavy (non-hydrogen) atoms. The van der Waals surface area contributed by atoms with Crippen LogP contribution >= 0.6 is 0 Å². The van der Waals surface area contributed by atoms with Crippen molar-refractivity contribution >= 4 is 11.9 Å². The van der Waals surface area contributed by atoms with Crippen LogP contribution in [0.5, 0.6) is 5.75 Å². The van der Waals surface area contributed by atoms with Crippen molar-refractivity contribution in [3.05, 3.63) is 47.4 Å². The predicted molar refractivity (Wildman–Crippen MR) is 88.7 cm³/mol. The Hall–Kier alpha value is -2.83. The summed E-state index contributed by atoms with van der Waals surface area (Å²) in [5.74, 6) is 0.897. The number of methoxy groups -OCH3 is 1. The van der Waals surface area contributed by atoms with Gasteiger partial charge in [-0.05, 0) is 19.4 Å². The quantitative estimate of drug-likeness (QED) is 0.850. The number of nitrogens with zero attached hydrogens (tertiary/aromatic N) is 3. The molecule has 1 aliphatic rings. The SMILES string of the molecule is CCCOC(=O)C1=C(C)Nc2ncnn2C1c1ccccc1OC. The average Bonchev–Trinajstić information content (AvgIpc) is 3.06. The fourth-order valence-electron chi connectivity index (χ4n) is 2.81. The van der Waals surface area contributed by atoms with Crippen molar-refractivity contribution in [3.63, 3.8) is 0 Å². The third-order valence-corrected chi connectivity index (χ3v) is 3.89. The van der Waals surface area contributed by atoms with E-state index in [-0.39, 0.29) is 5.97 Å². The van der Waals surface area contributed by atoms with Crippen LogP contribution < -0.4 is 10.1 Å². The first-order valence-corrected chi connectivity index (χ1v) is 7.84. The fraction of sp³-hybridized carbons (Fsp3) is 0.353. The Morgan fingerprint density at radius 3 is 2.92 bits per heavy atom. The highest BCUT2D eigenvalue weighted by Crippen LogP contribution is 2.38. The standard InChI is InChI=1S/C17H20N4O3/c1-4-9-24-16(22)14-11(2)20-17-18-10-19-21(17)15(14)12-7-5-6-8-13(12)23-3/h5-8,10,15H,4,9H2,1-3H3,(H,18,19,20). The number of hydrogen-bond acceptors (Lipinski definition) is 6. The number of nitrogens with one attached hydrogen (secondary N) is 1. The second kappa shape index (κ2) is 6.74. The molecule has 0 aliphatic carbocycles. The highest BCUT2D eigenvalue weighted by molar-refractivity contribution is 5.92. The lowest BCUT2D eigenvalue weighted by Gasteiger charge is -2.29. The minimum absolute atomic E-state index is 0.362. The number of carbonyl (C=O) groups is 1. The molecule has 1 aromatic heterocycles. The smallest absolute Gasteiger partial charge is 0.338 e. The number of benzene rings is 1. The van der Waals surface area contributed by atoms with Crippen molar-refractivity contribution in [2.75, 3.05) is 19.0 Å². The van der Waals surface area contributed by atoms with Crippen molar-refractivity contribution in [1.29, 1.82) is 0 Å². The second-order valence-corrected chi connectivity index (χ2v) is 5.47. The molecule has 0 radical (unpaired) electrons. The van der Waals surface area contributed by atoms with E-state index in [1.54, 1.807) is 11.8 Å². The van der Waals surface area contributed by atoms with Crippen molar-refractivity contribution < 1.29 is 14.3 Å². The van der Waals surface area contributed by atoms with E-state index < -0.39 is 6.04 Å². The van der Waals surface area contributed by atoms with Crippen LogP contribution in [-0.2, 0) is 9.53 Å². The molecule has 0 saturated heterocycles. The summed E-state index contributed by atoms with van der Waals surface area (Å²) in [5.41, 5.74) is 2.04. The van der Waals surface area contributed by atoms with Gasteiger partial charge in [0.1, 0.15) is 18.1 Å². The van der Waals surface area contributed by atoms with E-state index in [4.69, 9.17) is 9.47 Å². The molecule has 0 fully saturated rings. The number of fused-ring (bicyclic) bond motifs is 1. The Morgan fingerprint density at radius 1 is 1.38 bits per heavy atom. The van der Waals surface area contributed by atoms with Gasteiger partial charge in [0.25, 0.3) is 0 Å². The number of ether oxygens (including phenoxy) is 2. The normalized spacial score (nSPS) is 16.4. The molecule has 2 heterocycles. The summed E-state index contributed by atoms with van der Waals surface area (Å²) in [5, 5.41) is 7.39. The van der Waals surface area contributed by atoms with Crippen LogP contribution in [-0.4, -0.2) is 34.5 Å². The van der Waals surface area contributed by atoms with Crippen molar-refractivity contribution in [3.8, 4) is 5.75 Å². The van der Waals surface area contributed by atoms with Crippen LogP contribution in [0.1, 0.15) is 31.9 Å². The first-order valence-electron chi connectivity index (χ1n) is 7.84. The van der Waals surface area contributed by atoms with E-state index in [1.807, 2.05) is 38.1 Å². The van der Waals surface area contributed by atoms with Gasteiger partial charge in [-0.25, -0.2) is 9.48 Å². The summed E-state index contributed by atoms with van der Waals surface area (Å²) in [6.07, 6.45) is 2.22. The summed E-state index contributed by atoms with van der Waals surface area (Å²) >= 11 is 0. The van der Waals surface area contributed by atoms with Crippen LogP contribution in [0.4, 0.5) is 5.95 Å². The number of esters is 1. The molecule has 3 rings (SSSR count). The van der Waals surface area contributed by atoms with E-state index in [9.17, 15) is 4.79 Å². The summed E-state index contributed by atoms with van der Waals surface area (Å²) < 4.78 is 12.5. The largest absolute Gasteiger partial charge is 0.496 e. The lowest BCUT2D eigenvalue weighted by atomic mass is 9.95. The van der Waals surface area contributed by atoms with Crippen LogP contribution in [0.2, 0.25) is 0 Å². The van der Waals surface area contributed by atoms with Crippen LogP contribution in [0.15, 0.2) is 41.9 Å². The lowest BCUT2D eigenvalue weighted by Crippen LogP contribution is -2.30. The number of aromatic nitrogens is 3. The minimum Gasteiger partial charge on any atom is -0.496 e. The number of anilines is 1.